The quantitative estimate of drug-likeness (QED) is 0.579. The zero-order valence-electron chi connectivity index (χ0n) is 16.8. The minimum absolute atomic E-state index is 0.326. The molecule has 29 heavy (non-hydrogen) atoms. The van der Waals surface area contributed by atoms with E-state index in [9.17, 15) is 9.59 Å². The van der Waals surface area contributed by atoms with Gasteiger partial charge < -0.3 is 0 Å². The maximum Gasteiger partial charge on any atom is 0.329 e. The summed E-state index contributed by atoms with van der Waals surface area (Å²) in [6, 6.07) is 9.91. The number of fused-ring (bicyclic) bond motifs is 1. The number of benzene rings is 1. The number of aromatic nitrogens is 6. The topological polar surface area (TPSA) is 90.5 Å². The summed E-state index contributed by atoms with van der Waals surface area (Å²) < 4.78 is 4.85. The predicted octanol–water partition coefficient (Wildman–Crippen LogP) is 2.25. The molecule has 0 atom stereocenters. The SMILES string of the molecule is Cc1nn(-c2nc3c(c(=O)[nH]c(=O)n3C)n2C/C=C/c2ccccc2)c(C)c1C. The number of imidazole rings is 1. The van der Waals surface area contributed by atoms with Gasteiger partial charge in [-0.25, -0.2) is 9.48 Å². The van der Waals surface area contributed by atoms with Crippen LogP contribution in [0, 0.1) is 20.8 Å². The van der Waals surface area contributed by atoms with Crippen LogP contribution >= 0.6 is 0 Å². The first kappa shape index (κ1) is 18.7. The van der Waals surface area contributed by atoms with E-state index in [0.717, 1.165) is 22.5 Å². The number of hydrogen-bond donors (Lipinski definition) is 1. The van der Waals surface area contributed by atoms with Gasteiger partial charge in [0.05, 0.1) is 5.69 Å². The Kier molecular flexibility index (Phi) is 4.54. The van der Waals surface area contributed by atoms with E-state index < -0.39 is 11.2 Å². The lowest BCUT2D eigenvalue weighted by molar-refractivity contribution is 0.709. The van der Waals surface area contributed by atoms with Gasteiger partial charge in [-0.05, 0) is 31.9 Å². The van der Waals surface area contributed by atoms with Crippen molar-refractivity contribution in [3.05, 3.63) is 79.8 Å². The summed E-state index contributed by atoms with van der Waals surface area (Å²) in [5.74, 6) is 0.498. The number of allylic oxidation sites excluding steroid dienone is 1. The molecule has 0 saturated carbocycles. The molecule has 148 valence electrons. The van der Waals surface area contributed by atoms with Gasteiger partial charge >= 0.3 is 5.69 Å². The number of H-pyrrole nitrogens is 1. The van der Waals surface area contributed by atoms with Gasteiger partial charge in [0.15, 0.2) is 11.2 Å². The molecule has 0 aliphatic rings. The maximum absolute atomic E-state index is 12.6. The highest BCUT2D eigenvalue weighted by atomic mass is 16.2. The third-order valence-electron chi connectivity index (χ3n) is 5.23. The van der Waals surface area contributed by atoms with Crippen LogP contribution in [0.2, 0.25) is 0 Å². The molecule has 0 fully saturated rings. The van der Waals surface area contributed by atoms with Gasteiger partial charge in [-0.2, -0.15) is 10.1 Å². The van der Waals surface area contributed by atoms with Crippen LogP contribution < -0.4 is 11.2 Å². The van der Waals surface area contributed by atoms with Crippen LogP contribution in [-0.4, -0.2) is 28.9 Å². The summed E-state index contributed by atoms with van der Waals surface area (Å²) in [6.07, 6.45) is 3.95. The van der Waals surface area contributed by atoms with Crippen molar-refractivity contribution in [3.63, 3.8) is 0 Å². The van der Waals surface area contributed by atoms with Gasteiger partial charge in [0.2, 0.25) is 5.95 Å². The molecule has 0 amide bonds. The largest absolute Gasteiger partial charge is 0.329 e. The fourth-order valence-corrected chi connectivity index (χ4v) is 3.33. The Morgan fingerprint density at radius 2 is 1.83 bits per heavy atom. The molecule has 8 heteroatoms. The molecule has 4 aromatic rings. The van der Waals surface area contributed by atoms with E-state index in [4.69, 9.17) is 0 Å². The monoisotopic (exact) mass is 390 g/mol. The van der Waals surface area contributed by atoms with E-state index >= 15 is 0 Å². The third kappa shape index (κ3) is 3.12. The van der Waals surface area contributed by atoms with E-state index in [1.54, 1.807) is 16.3 Å². The fraction of sp³-hybridized carbons (Fsp3) is 0.238. The average Bonchev–Trinajstić information content (AvgIpc) is 3.20. The number of aryl methyl sites for hydroxylation is 2. The number of rotatable bonds is 4. The zero-order chi connectivity index (χ0) is 20.7. The Hall–Kier alpha value is -3.68. The van der Waals surface area contributed by atoms with E-state index in [0.29, 0.717) is 23.7 Å². The molecule has 0 unspecified atom stereocenters. The number of hydrogen-bond acceptors (Lipinski definition) is 4. The summed E-state index contributed by atoms with van der Waals surface area (Å²) >= 11 is 0. The van der Waals surface area contributed by atoms with Crippen molar-refractivity contribution in [2.45, 2.75) is 27.3 Å². The molecule has 0 saturated heterocycles. The molecule has 8 nitrogen and oxygen atoms in total. The Bertz CT molecular complexity index is 1350. The fourth-order valence-electron chi connectivity index (χ4n) is 3.33. The molecule has 0 aliphatic carbocycles. The first-order valence-electron chi connectivity index (χ1n) is 9.33. The van der Waals surface area contributed by atoms with E-state index in [-0.39, 0.29) is 0 Å². The van der Waals surface area contributed by atoms with Gasteiger partial charge in [-0.1, -0.05) is 42.5 Å². The first-order valence-corrected chi connectivity index (χ1v) is 9.33. The molecule has 0 spiro atoms. The molecular formula is C21H22N6O2. The van der Waals surface area contributed by atoms with Gasteiger partial charge in [-0.15, -0.1) is 0 Å². The van der Waals surface area contributed by atoms with E-state index in [2.05, 4.69) is 15.1 Å². The van der Waals surface area contributed by atoms with Gasteiger partial charge in [0.25, 0.3) is 5.56 Å². The molecule has 0 aliphatic heterocycles. The molecule has 4 rings (SSSR count). The highest BCUT2D eigenvalue weighted by Crippen LogP contribution is 2.20. The van der Waals surface area contributed by atoms with Crippen molar-refractivity contribution in [1.29, 1.82) is 0 Å². The lowest BCUT2D eigenvalue weighted by atomic mass is 10.2. The first-order chi connectivity index (χ1) is 13.9. The zero-order valence-corrected chi connectivity index (χ0v) is 16.8. The summed E-state index contributed by atoms with van der Waals surface area (Å²) in [7, 11) is 1.59. The van der Waals surface area contributed by atoms with Crippen LogP contribution in [0.25, 0.3) is 23.2 Å². The summed E-state index contributed by atoms with van der Waals surface area (Å²) in [4.78, 5) is 31.7. The average molecular weight is 390 g/mol. The van der Waals surface area contributed by atoms with Crippen LogP contribution in [0.1, 0.15) is 22.5 Å². The lowest BCUT2D eigenvalue weighted by Gasteiger charge is -2.07. The summed E-state index contributed by atoms with van der Waals surface area (Å²) in [6.45, 7) is 6.30. The smallest absolute Gasteiger partial charge is 0.299 e. The minimum Gasteiger partial charge on any atom is -0.299 e. The lowest BCUT2D eigenvalue weighted by Crippen LogP contribution is -2.29. The Labute approximate surface area is 166 Å². The molecular weight excluding hydrogens is 368 g/mol. The van der Waals surface area contributed by atoms with Gasteiger partial charge in [0.1, 0.15) is 0 Å². The van der Waals surface area contributed by atoms with Crippen LogP contribution in [-0.2, 0) is 13.6 Å². The van der Waals surface area contributed by atoms with Crippen LogP contribution in [0.15, 0.2) is 46.0 Å². The standard InChI is InChI=1S/C21H22N6O2/c1-13-14(2)24-27(15(13)3)20-22-18-17(19(28)23-21(29)25(18)4)26(20)12-8-11-16-9-6-5-7-10-16/h5-11H,12H2,1-4H3,(H,23,28,29)/b11-8+. The Balaban J connectivity index is 1.93. The summed E-state index contributed by atoms with van der Waals surface area (Å²) in [5.41, 5.74) is 3.65. The molecule has 3 heterocycles. The number of aromatic amines is 1. The molecule has 1 N–H and O–H groups in total. The van der Waals surface area contributed by atoms with Crippen LogP contribution in [0.5, 0.6) is 0 Å². The molecule has 0 bridgehead atoms. The Morgan fingerprint density at radius 1 is 1.10 bits per heavy atom. The van der Waals surface area contributed by atoms with Crippen LogP contribution in [0.4, 0.5) is 0 Å². The van der Waals surface area contributed by atoms with Crippen molar-refractivity contribution in [1.82, 2.24) is 28.9 Å². The molecule has 1 aromatic carbocycles. The minimum atomic E-state index is -0.497. The highest BCUT2D eigenvalue weighted by molar-refractivity contribution is 5.72. The number of nitrogens with one attached hydrogen (secondary N) is 1. The normalized spacial score (nSPS) is 11.7. The maximum atomic E-state index is 12.6. The predicted molar refractivity (Wildman–Crippen MR) is 112 cm³/mol. The molecule has 3 aromatic heterocycles. The van der Waals surface area contributed by atoms with Crippen molar-refractivity contribution < 1.29 is 0 Å². The highest BCUT2D eigenvalue weighted by Gasteiger charge is 2.20. The summed E-state index contributed by atoms with van der Waals surface area (Å²) in [5, 5.41) is 4.59. The second-order valence-corrected chi connectivity index (χ2v) is 7.03. The van der Waals surface area contributed by atoms with E-state index in [1.807, 2.05) is 63.3 Å². The van der Waals surface area contributed by atoms with Crippen molar-refractivity contribution in [2.75, 3.05) is 0 Å². The second kappa shape index (κ2) is 7.05. The third-order valence-corrected chi connectivity index (χ3v) is 5.23. The van der Waals surface area contributed by atoms with E-state index in [1.165, 1.54) is 4.57 Å². The van der Waals surface area contributed by atoms with Gasteiger partial charge in [-0.3, -0.25) is 18.9 Å². The molecule has 0 radical (unpaired) electrons. The van der Waals surface area contributed by atoms with Crippen LogP contribution in [0.3, 0.4) is 0 Å². The number of nitrogens with zero attached hydrogens (tertiary/aromatic N) is 5. The van der Waals surface area contributed by atoms with Crippen molar-refractivity contribution >= 4 is 17.2 Å². The van der Waals surface area contributed by atoms with Gasteiger partial charge in [0, 0.05) is 19.3 Å². The van der Waals surface area contributed by atoms with Crippen molar-refractivity contribution in [3.8, 4) is 5.95 Å². The van der Waals surface area contributed by atoms with Crippen molar-refractivity contribution in [2.24, 2.45) is 7.05 Å². The second-order valence-electron chi connectivity index (χ2n) is 7.03. The Morgan fingerprint density at radius 3 is 2.48 bits per heavy atom.